The summed E-state index contributed by atoms with van der Waals surface area (Å²) in [6.45, 7) is 0.283. The second-order valence-electron chi connectivity index (χ2n) is 2.86. The predicted octanol–water partition coefficient (Wildman–Crippen LogP) is 0.996. The molecule has 70 valence electrons. The van der Waals surface area contributed by atoms with E-state index in [0.717, 1.165) is 17.2 Å². The first-order chi connectivity index (χ1) is 6.93. The maximum absolute atomic E-state index is 5.25. The predicted molar refractivity (Wildman–Crippen MR) is 47.5 cm³/mol. The van der Waals surface area contributed by atoms with Crippen molar-refractivity contribution in [1.82, 2.24) is 15.0 Å². The number of rotatable bonds is 1. The van der Waals surface area contributed by atoms with Gasteiger partial charge in [-0.1, -0.05) is 0 Å². The molecule has 0 spiro atoms. The van der Waals surface area contributed by atoms with Crippen LogP contribution in [0.5, 0.6) is 11.5 Å². The summed E-state index contributed by atoms with van der Waals surface area (Å²) in [5.41, 5.74) is 0.860. The Kier molecular flexibility index (Phi) is 1.44. The summed E-state index contributed by atoms with van der Waals surface area (Å²) >= 11 is 0. The van der Waals surface area contributed by atoms with Gasteiger partial charge in [0.1, 0.15) is 0 Å². The highest BCUT2D eigenvalue weighted by molar-refractivity contribution is 5.49. The van der Waals surface area contributed by atoms with Gasteiger partial charge in [-0.25, -0.2) is 0 Å². The van der Waals surface area contributed by atoms with E-state index in [0.29, 0.717) is 0 Å². The van der Waals surface area contributed by atoms with E-state index >= 15 is 0 Å². The molecule has 3 rings (SSSR count). The fourth-order valence-electron chi connectivity index (χ4n) is 1.36. The van der Waals surface area contributed by atoms with Crippen molar-refractivity contribution in [2.75, 3.05) is 6.79 Å². The lowest BCUT2D eigenvalue weighted by Gasteiger charge is -2.00. The third-order valence-corrected chi connectivity index (χ3v) is 2.01. The van der Waals surface area contributed by atoms with Crippen molar-refractivity contribution < 1.29 is 9.47 Å². The van der Waals surface area contributed by atoms with Gasteiger partial charge in [0.05, 0.1) is 18.1 Å². The van der Waals surface area contributed by atoms with Gasteiger partial charge >= 0.3 is 0 Å². The maximum atomic E-state index is 5.25. The molecule has 2 heterocycles. The molecule has 5 heteroatoms. The van der Waals surface area contributed by atoms with E-state index in [1.807, 2.05) is 18.2 Å². The van der Waals surface area contributed by atoms with Crippen molar-refractivity contribution in [2.24, 2.45) is 0 Å². The average Bonchev–Trinajstić information content (AvgIpc) is 2.88. The molecule has 0 unspecified atom stereocenters. The maximum Gasteiger partial charge on any atom is 0.231 e. The van der Waals surface area contributed by atoms with Crippen molar-refractivity contribution >= 4 is 0 Å². The van der Waals surface area contributed by atoms with Crippen molar-refractivity contribution in [1.29, 1.82) is 0 Å². The Balaban J connectivity index is 2.09. The number of hydrogen-bond donors (Lipinski definition) is 0. The molecule has 1 aliphatic heterocycles. The van der Waals surface area contributed by atoms with E-state index in [9.17, 15) is 0 Å². The zero-order valence-corrected chi connectivity index (χ0v) is 7.25. The van der Waals surface area contributed by atoms with Crippen molar-refractivity contribution in [2.45, 2.75) is 0 Å². The van der Waals surface area contributed by atoms with Crippen LogP contribution in [0.2, 0.25) is 0 Å². The molecule has 0 fully saturated rings. The highest BCUT2D eigenvalue weighted by Crippen LogP contribution is 2.33. The van der Waals surface area contributed by atoms with E-state index < -0.39 is 0 Å². The van der Waals surface area contributed by atoms with Gasteiger partial charge in [0.2, 0.25) is 6.79 Å². The summed E-state index contributed by atoms with van der Waals surface area (Å²) in [6.07, 6.45) is 3.26. The van der Waals surface area contributed by atoms with Crippen LogP contribution in [0.3, 0.4) is 0 Å². The summed E-state index contributed by atoms with van der Waals surface area (Å²) in [5, 5.41) is 8.04. The molecular formula is C9H7N3O2. The zero-order valence-electron chi connectivity index (χ0n) is 7.25. The quantitative estimate of drug-likeness (QED) is 0.671. The fraction of sp³-hybridized carbons (Fsp3) is 0.111. The minimum atomic E-state index is 0.283. The van der Waals surface area contributed by atoms with E-state index in [4.69, 9.17) is 9.47 Å². The molecular weight excluding hydrogens is 182 g/mol. The van der Waals surface area contributed by atoms with Crippen molar-refractivity contribution in [3.8, 4) is 17.2 Å². The zero-order chi connectivity index (χ0) is 9.38. The van der Waals surface area contributed by atoms with Gasteiger partial charge in [-0.2, -0.15) is 15.0 Å². The van der Waals surface area contributed by atoms with Crippen LogP contribution in [0.25, 0.3) is 5.69 Å². The average molecular weight is 189 g/mol. The van der Waals surface area contributed by atoms with E-state index in [1.54, 1.807) is 12.4 Å². The van der Waals surface area contributed by atoms with Gasteiger partial charge in [-0.3, -0.25) is 0 Å². The molecule has 1 aliphatic rings. The number of nitrogens with zero attached hydrogens (tertiary/aromatic N) is 3. The Hall–Kier alpha value is -2.04. The molecule has 0 atom stereocenters. The molecule has 1 aromatic carbocycles. The highest BCUT2D eigenvalue weighted by Gasteiger charge is 2.13. The van der Waals surface area contributed by atoms with Gasteiger partial charge in [-0.05, 0) is 12.1 Å². The Labute approximate surface area is 79.9 Å². The molecule has 2 aromatic rings. The SMILES string of the molecule is c1cnn(-c2ccc3c(c2)OCO3)n1. The number of benzene rings is 1. The van der Waals surface area contributed by atoms with Gasteiger partial charge < -0.3 is 9.47 Å². The third-order valence-electron chi connectivity index (χ3n) is 2.01. The fourth-order valence-corrected chi connectivity index (χ4v) is 1.36. The molecule has 0 amide bonds. The highest BCUT2D eigenvalue weighted by atomic mass is 16.7. The van der Waals surface area contributed by atoms with Crippen LogP contribution in [0.4, 0.5) is 0 Å². The second-order valence-corrected chi connectivity index (χ2v) is 2.86. The van der Waals surface area contributed by atoms with Crippen LogP contribution >= 0.6 is 0 Å². The smallest absolute Gasteiger partial charge is 0.231 e. The standard InChI is InChI=1S/C9H7N3O2/c1-2-8-9(14-6-13-8)5-7(1)12-10-3-4-11-12/h1-5H,6H2. The van der Waals surface area contributed by atoms with E-state index in [1.165, 1.54) is 4.80 Å². The monoisotopic (exact) mass is 189 g/mol. The van der Waals surface area contributed by atoms with Gasteiger partial charge in [0.15, 0.2) is 11.5 Å². The molecule has 0 saturated carbocycles. The largest absolute Gasteiger partial charge is 0.454 e. The number of hydrogen-bond acceptors (Lipinski definition) is 4. The minimum Gasteiger partial charge on any atom is -0.454 e. The molecule has 0 radical (unpaired) electrons. The van der Waals surface area contributed by atoms with E-state index in [-0.39, 0.29) is 6.79 Å². The topological polar surface area (TPSA) is 49.2 Å². The summed E-state index contributed by atoms with van der Waals surface area (Å²) < 4.78 is 10.4. The first-order valence-electron chi connectivity index (χ1n) is 4.20. The number of ether oxygens (including phenoxy) is 2. The summed E-state index contributed by atoms with van der Waals surface area (Å²) in [5.74, 6) is 1.50. The molecule has 5 nitrogen and oxygen atoms in total. The lowest BCUT2D eigenvalue weighted by molar-refractivity contribution is 0.174. The third kappa shape index (κ3) is 1.02. The van der Waals surface area contributed by atoms with E-state index in [2.05, 4.69) is 10.2 Å². The Morgan fingerprint density at radius 1 is 1.07 bits per heavy atom. The van der Waals surface area contributed by atoms with Crippen LogP contribution in [-0.4, -0.2) is 21.8 Å². The lowest BCUT2D eigenvalue weighted by Crippen LogP contribution is -1.97. The summed E-state index contributed by atoms with van der Waals surface area (Å²) in [4.78, 5) is 1.53. The Bertz CT molecular complexity index is 453. The van der Waals surface area contributed by atoms with Crippen LogP contribution in [-0.2, 0) is 0 Å². The number of aromatic nitrogens is 3. The summed E-state index contributed by atoms with van der Waals surface area (Å²) in [7, 11) is 0. The molecule has 0 bridgehead atoms. The van der Waals surface area contributed by atoms with Crippen molar-refractivity contribution in [3.63, 3.8) is 0 Å². The first kappa shape index (κ1) is 7.37. The van der Waals surface area contributed by atoms with Crippen molar-refractivity contribution in [3.05, 3.63) is 30.6 Å². The van der Waals surface area contributed by atoms with Crippen LogP contribution < -0.4 is 9.47 Å². The second kappa shape index (κ2) is 2.73. The Morgan fingerprint density at radius 2 is 1.86 bits per heavy atom. The molecule has 0 saturated heterocycles. The van der Waals surface area contributed by atoms with Gasteiger partial charge in [-0.15, -0.1) is 0 Å². The van der Waals surface area contributed by atoms with Crippen LogP contribution in [0.15, 0.2) is 30.6 Å². The molecule has 0 aliphatic carbocycles. The van der Waals surface area contributed by atoms with Crippen LogP contribution in [0.1, 0.15) is 0 Å². The van der Waals surface area contributed by atoms with Gasteiger partial charge in [0, 0.05) is 6.07 Å². The Morgan fingerprint density at radius 3 is 2.71 bits per heavy atom. The number of fused-ring (bicyclic) bond motifs is 1. The first-order valence-corrected chi connectivity index (χ1v) is 4.20. The molecule has 0 N–H and O–H groups in total. The van der Waals surface area contributed by atoms with Crippen LogP contribution in [0, 0.1) is 0 Å². The normalized spacial score (nSPS) is 13.1. The lowest BCUT2D eigenvalue weighted by atomic mass is 10.3. The molecule has 1 aromatic heterocycles. The van der Waals surface area contributed by atoms with Gasteiger partial charge in [0.25, 0.3) is 0 Å². The molecule has 14 heavy (non-hydrogen) atoms. The summed E-state index contributed by atoms with van der Waals surface area (Å²) in [6, 6.07) is 5.58. The minimum absolute atomic E-state index is 0.283.